The van der Waals surface area contributed by atoms with E-state index in [4.69, 9.17) is 5.11 Å². The van der Waals surface area contributed by atoms with Crippen LogP contribution in [0.3, 0.4) is 0 Å². The molecule has 0 radical (unpaired) electrons. The minimum atomic E-state index is -1.08. The van der Waals surface area contributed by atoms with Crippen molar-refractivity contribution in [2.75, 3.05) is 5.32 Å². The first-order chi connectivity index (χ1) is 9.19. The van der Waals surface area contributed by atoms with Gasteiger partial charge in [0.05, 0.1) is 12.4 Å². The van der Waals surface area contributed by atoms with Crippen LogP contribution >= 0.6 is 0 Å². The first-order valence-corrected chi connectivity index (χ1v) is 6.10. The molecule has 5 nitrogen and oxygen atoms in total. The lowest BCUT2D eigenvalue weighted by molar-refractivity contribution is 0.0690. The molecule has 0 aliphatic carbocycles. The Kier molecular flexibility index (Phi) is 4.07. The van der Waals surface area contributed by atoms with Gasteiger partial charge in [-0.1, -0.05) is 25.5 Å². The molecule has 2 aromatic rings. The molecule has 0 aliphatic rings. The lowest BCUT2D eigenvalue weighted by Gasteiger charge is -2.06. The van der Waals surface area contributed by atoms with Gasteiger partial charge in [0.15, 0.2) is 5.69 Å². The molecule has 1 aromatic carbocycles. The highest BCUT2D eigenvalue weighted by Gasteiger charge is 2.04. The Morgan fingerprint density at radius 3 is 2.47 bits per heavy atom. The zero-order chi connectivity index (χ0) is 13.7. The summed E-state index contributed by atoms with van der Waals surface area (Å²) in [5.74, 6) is -0.559. The maximum atomic E-state index is 10.6. The van der Waals surface area contributed by atoms with E-state index >= 15 is 0 Å². The SMILES string of the molecule is CCCc1ccc(Nc2cnc(C(=O)O)cn2)cc1. The van der Waals surface area contributed by atoms with Gasteiger partial charge < -0.3 is 10.4 Å². The van der Waals surface area contributed by atoms with E-state index in [0.717, 1.165) is 18.5 Å². The molecule has 2 N–H and O–H groups in total. The van der Waals surface area contributed by atoms with Gasteiger partial charge in [-0.05, 0) is 24.1 Å². The molecule has 19 heavy (non-hydrogen) atoms. The third-order valence-electron chi connectivity index (χ3n) is 2.64. The summed E-state index contributed by atoms with van der Waals surface area (Å²) in [6.45, 7) is 2.14. The number of rotatable bonds is 5. The molecular weight excluding hydrogens is 242 g/mol. The fraction of sp³-hybridized carbons (Fsp3) is 0.214. The van der Waals surface area contributed by atoms with E-state index in [0.29, 0.717) is 5.82 Å². The van der Waals surface area contributed by atoms with Crippen LogP contribution in [-0.4, -0.2) is 21.0 Å². The molecule has 0 amide bonds. The Morgan fingerprint density at radius 2 is 1.95 bits per heavy atom. The lowest BCUT2D eigenvalue weighted by atomic mass is 10.1. The van der Waals surface area contributed by atoms with Gasteiger partial charge in [0.2, 0.25) is 0 Å². The van der Waals surface area contributed by atoms with Crippen LogP contribution in [0.2, 0.25) is 0 Å². The summed E-state index contributed by atoms with van der Waals surface area (Å²) in [5.41, 5.74) is 2.13. The zero-order valence-corrected chi connectivity index (χ0v) is 10.6. The van der Waals surface area contributed by atoms with Crippen molar-refractivity contribution in [3.05, 3.63) is 47.9 Å². The van der Waals surface area contributed by atoms with E-state index in [2.05, 4.69) is 34.3 Å². The first kappa shape index (κ1) is 13.0. The lowest BCUT2D eigenvalue weighted by Crippen LogP contribution is -2.02. The Hall–Kier alpha value is -2.43. The minimum absolute atomic E-state index is 0.0659. The smallest absolute Gasteiger partial charge is 0.356 e. The number of benzene rings is 1. The number of anilines is 2. The Morgan fingerprint density at radius 1 is 1.21 bits per heavy atom. The van der Waals surface area contributed by atoms with Crippen molar-refractivity contribution >= 4 is 17.5 Å². The summed E-state index contributed by atoms with van der Waals surface area (Å²) < 4.78 is 0. The van der Waals surface area contributed by atoms with Crippen molar-refractivity contribution in [2.24, 2.45) is 0 Å². The highest BCUT2D eigenvalue weighted by Crippen LogP contribution is 2.15. The summed E-state index contributed by atoms with van der Waals surface area (Å²) in [7, 11) is 0. The molecule has 0 fully saturated rings. The average Bonchev–Trinajstić information content (AvgIpc) is 2.42. The molecule has 0 unspecified atom stereocenters. The van der Waals surface area contributed by atoms with E-state index < -0.39 is 5.97 Å². The number of hydrogen-bond acceptors (Lipinski definition) is 4. The fourth-order valence-electron chi connectivity index (χ4n) is 1.69. The van der Waals surface area contributed by atoms with Crippen LogP contribution in [0.4, 0.5) is 11.5 Å². The molecule has 2 rings (SSSR count). The zero-order valence-electron chi connectivity index (χ0n) is 10.6. The third-order valence-corrected chi connectivity index (χ3v) is 2.64. The van der Waals surface area contributed by atoms with Gasteiger partial charge in [-0.15, -0.1) is 0 Å². The van der Waals surface area contributed by atoms with E-state index in [1.165, 1.54) is 18.0 Å². The summed E-state index contributed by atoms with van der Waals surface area (Å²) >= 11 is 0. The largest absolute Gasteiger partial charge is 0.476 e. The molecule has 1 aromatic heterocycles. The molecule has 0 bridgehead atoms. The minimum Gasteiger partial charge on any atom is -0.476 e. The Balaban J connectivity index is 2.06. The van der Waals surface area contributed by atoms with Crippen molar-refractivity contribution in [2.45, 2.75) is 19.8 Å². The number of aryl methyl sites for hydroxylation is 1. The van der Waals surface area contributed by atoms with E-state index in [1.807, 2.05) is 12.1 Å². The van der Waals surface area contributed by atoms with Crippen LogP contribution in [0.1, 0.15) is 29.4 Å². The molecular formula is C14H15N3O2. The van der Waals surface area contributed by atoms with E-state index in [-0.39, 0.29) is 5.69 Å². The fourth-order valence-corrected chi connectivity index (χ4v) is 1.69. The molecule has 1 heterocycles. The number of aromatic nitrogens is 2. The van der Waals surface area contributed by atoms with Crippen LogP contribution in [0.15, 0.2) is 36.7 Å². The normalized spacial score (nSPS) is 10.2. The van der Waals surface area contributed by atoms with Gasteiger partial charge in [-0.3, -0.25) is 0 Å². The van der Waals surface area contributed by atoms with E-state index in [1.54, 1.807) is 0 Å². The second-order valence-electron chi connectivity index (χ2n) is 4.16. The first-order valence-electron chi connectivity index (χ1n) is 6.10. The van der Waals surface area contributed by atoms with Crippen molar-refractivity contribution in [1.82, 2.24) is 9.97 Å². The number of carboxylic acids is 1. The summed E-state index contributed by atoms with van der Waals surface area (Å²) in [4.78, 5) is 18.4. The van der Waals surface area contributed by atoms with Crippen molar-refractivity contribution in [3.63, 3.8) is 0 Å². The van der Waals surface area contributed by atoms with Crippen molar-refractivity contribution in [1.29, 1.82) is 0 Å². The third kappa shape index (κ3) is 3.51. The van der Waals surface area contributed by atoms with Crippen LogP contribution in [0.5, 0.6) is 0 Å². The van der Waals surface area contributed by atoms with Crippen LogP contribution in [0.25, 0.3) is 0 Å². The van der Waals surface area contributed by atoms with E-state index in [9.17, 15) is 4.79 Å². The van der Waals surface area contributed by atoms with Crippen LogP contribution in [0, 0.1) is 0 Å². The molecule has 98 valence electrons. The number of carboxylic acid groups (broad SMARTS) is 1. The Bertz CT molecular complexity index is 550. The molecule has 0 atom stereocenters. The maximum Gasteiger partial charge on any atom is 0.356 e. The number of nitrogens with zero attached hydrogens (tertiary/aromatic N) is 2. The summed E-state index contributed by atoms with van der Waals surface area (Å²) in [6, 6.07) is 8.06. The quantitative estimate of drug-likeness (QED) is 0.861. The van der Waals surface area contributed by atoms with Gasteiger partial charge >= 0.3 is 5.97 Å². The summed E-state index contributed by atoms with van der Waals surface area (Å²) in [6.07, 6.45) is 4.82. The molecule has 0 saturated carbocycles. The number of carbonyl (C=O) groups is 1. The highest BCUT2D eigenvalue weighted by molar-refractivity contribution is 5.85. The van der Waals surface area contributed by atoms with Gasteiger partial charge in [-0.25, -0.2) is 14.8 Å². The van der Waals surface area contributed by atoms with Gasteiger partial charge in [-0.2, -0.15) is 0 Å². The molecule has 0 aliphatic heterocycles. The van der Waals surface area contributed by atoms with Crippen LogP contribution in [-0.2, 0) is 6.42 Å². The predicted molar refractivity (Wildman–Crippen MR) is 72.7 cm³/mol. The van der Waals surface area contributed by atoms with Gasteiger partial charge in [0.1, 0.15) is 5.82 Å². The number of aromatic carboxylic acids is 1. The molecule has 5 heteroatoms. The second kappa shape index (κ2) is 5.95. The Labute approximate surface area is 111 Å². The highest BCUT2D eigenvalue weighted by atomic mass is 16.4. The number of nitrogens with one attached hydrogen (secondary N) is 1. The van der Waals surface area contributed by atoms with Gasteiger partial charge in [0, 0.05) is 5.69 Å². The van der Waals surface area contributed by atoms with Gasteiger partial charge in [0.25, 0.3) is 0 Å². The second-order valence-corrected chi connectivity index (χ2v) is 4.16. The summed E-state index contributed by atoms with van der Waals surface area (Å²) in [5, 5.41) is 11.8. The topological polar surface area (TPSA) is 75.1 Å². The average molecular weight is 257 g/mol. The van der Waals surface area contributed by atoms with Crippen molar-refractivity contribution < 1.29 is 9.90 Å². The van der Waals surface area contributed by atoms with Crippen LogP contribution < -0.4 is 5.32 Å². The predicted octanol–water partition coefficient (Wildman–Crippen LogP) is 2.87. The molecule has 0 spiro atoms. The maximum absolute atomic E-state index is 10.6. The monoisotopic (exact) mass is 257 g/mol. The standard InChI is InChI=1S/C14H15N3O2/c1-2-3-10-4-6-11(7-5-10)17-13-9-15-12(8-16-13)14(18)19/h4-9H,2-3H2,1H3,(H,16,17)(H,18,19). The number of hydrogen-bond donors (Lipinski definition) is 2. The molecule has 0 saturated heterocycles. The van der Waals surface area contributed by atoms with Crippen molar-refractivity contribution in [3.8, 4) is 0 Å².